The van der Waals surface area contributed by atoms with Gasteiger partial charge in [-0.25, -0.2) is 4.98 Å². The van der Waals surface area contributed by atoms with Crippen molar-refractivity contribution in [1.29, 1.82) is 0 Å². The van der Waals surface area contributed by atoms with Gasteiger partial charge in [0.15, 0.2) is 0 Å². The Labute approximate surface area is 83.4 Å². The van der Waals surface area contributed by atoms with Gasteiger partial charge in [0.1, 0.15) is 5.82 Å². The number of pyridine rings is 1. The minimum Gasteiger partial charge on any atom is -0.396 e. The normalized spacial score (nSPS) is 21.5. The third-order valence-corrected chi connectivity index (χ3v) is 2.67. The smallest absolute Gasteiger partial charge is 0.125 e. The number of nitrogen functional groups attached to an aromatic ring is 1. The number of aliphatic hydroxyl groups is 1. The maximum atomic E-state index is 9.02. The minimum absolute atomic E-state index is 0.275. The van der Waals surface area contributed by atoms with Gasteiger partial charge in [0.05, 0.1) is 0 Å². The molecule has 1 saturated heterocycles. The number of anilines is 2. The highest BCUT2D eigenvalue weighted by atomic mass is 16.3. The molecular formula is C10H15N3O. The van der Waals surface area contributed by atoms with Gasteiger partial charge >= 0.3 is 0 Å². The van der Waals surface area contributed by atoms with Crippen molar-refractivity contribution in [1.82, 2.24) is 4.98 Å². The number of aromatic nitrogens is 1. The molecule has 0 aliphatic carbocycles. The number of hydrogen-bond donors (Lipinski definition) is 2. The van der Waals surface area contributed by atoms with E-state index in [-0.39, 0.29) is 6.61 Å². The van der Waals surface area contributed by atoms with E-state index in [2.05, 4.69) is 9.88 Å². The molecule has 0 bridgehead atoms. The van der Waals surface area contributed by atoms with Crippen LogP contribution in [0.15, 0.2) is 18.3 Å². The van der Waals surface area contributed by atoms with Gasteiger partial charge in [-0.15, -0.1) is 0 Å². The van der Waals surface area contributed by atoms with Crippen LogP contribution in [0.4, 0.5) is 11.5 Å². The molecule has 1 unspecified atom stereocenters. The molecule has 4 nitrogen and oxygen atoms in total. The largest absolute Gasteiger partial charge is 0.396 e. The van der Waals surface area contributed by atoms with E-state index in [1.807, 2.05) is 12.1 Å². The first kappa shape index (κ1) is 9.27. The first-order chi connectivity index (χ1) is 6.79. The van der Waals surface area contributed by atoms with Gasteiger partial charge in [0.2, 0.25) is 0 Å². The third kappa shape index (κ3) is 1.80. The van der Waals surface area contributed by atoms with Crippen LogP contribution in [0.5, 0.6) is 0 Å². The molecule has 0 saturated carbocycles. The van der Waals surface area contributed by atoms with E-state index in [0.29, 0.717) is 11.7 Å². The van der Waals surface area contributed by atoms with E-state index >= 15 is 0 Å². The Morgan fingerprint density at radius 1 is 1.64 bits per heavy atom. The van der Waals surface area contributed by atoms with Gasteiger partial charge in [-0.3, -0.25) is 0 Å². The van der Waals surface area contributed by atoms with E-state index in [4.69, 9.17) is 10.8 Å². The monoisotopic (exact) mass is 193 g/mol. The summed E-state index contributed by atoms with van der Waals surface area (Å²) in [5, 5.41) is 9.02. The van der Waals surface area contributed by atoms with Crippen molar-refractivity contribution in [2.45, 2.75) is 6.42 Å². The van der Waals surface area contributed by atoms with Crippen LogP contribution in [0.1, 0.15) is 6.42 Å². The quantitative estimate of drug-likeness (QED) is 0.717. The predicted octanol–water partition coefficient (Wildman–Crippen LogP) is 0.482. The molecule has 0 aromatic carbocycles. The fraction of sp³-hybridized carbons (Fsp3) is 0.500. The van der Waals surface area contributed by atoms with E-state index in [9.17, 15) is 0 Å². The summed E-state index contributed by atoms with van der Waals surface area (Å²) in [4.78, 5) is 6.19. The van der Waals surface area contributed by atoms with Crippen LogP contribution in [0.25, 0.3) is 0 Å². The minimum atomic E-state index is 0.275. The molecule has 2 heterocycles. The second-order valence-electron chi connectivity index (χ2n) is 3.72. The Morgan fingerprint density at radius 2 is 2.50 bits per heavy atom. The molecule has 76 valence electrons. The van der Waals surface area contributed by atoms with Crippen LogP contribution in [-0.4, -0.2) is 29.8 Å². The highest BCUT2D eigenvalue weighted by Gasteiger charge is 2.21. The van der Waals surface area contributed by atoms with Gasteiger partial charge in [-0.05, 0) is 12.5 Å². The fourth-order valence-corrected chi connectivity index (χ4v) is 1.85. The summed E-state index contributed by atoms with van der Waals surface area (Å²) in [6.07, 6.45) is 2.77. The molecular weight excluding hydrogens is 178 g/mol. The maximum Gasteiger partial charge on any atom is 0.125 e. The lowest BCUT2D eigenvalue weighted by Gasteiger charge is -2.18. The summed E-state index contributed by atoms with van der Waals surface area (Å²) in [6.45, 7) is 2.19. The van der Waals surface area contributed by atoms with Crippen LogP contribution in [-0.2, 0) is 0 Å². The second-order valence-corrected chi connectivity index (χ2v) is 3.72. The van der Waals surface area contributed by atoms with Crippen molar-refractivity contribution < 1.29 is 5.11 Å². The van der Waals surface area contributed by atoms with Crippen LogP contribution in [0, 0.1) is 5.92 Å². The molecule has 1 aromatic rings. The van der Waals surface area contributed by atoms with Crippen molar-refractivity contribution in [3.63, 3.8) is 0 Å². The number of rotatable bonds is 2. The van der Waals surface area contributed by atoms with Crippen molar-refractivity contribution in [2.24, 2.45) is 5.92 Å². The lowest BCUT2D eigenvalue weighted by Crippen LogP contribution is -2.20. The van der Waals surface area contributed by atoms with E-state index in [1.165, 1.54) is 0 Å². The van der Waals surface area contributed by atoms with Crippen LogP contribution in [0.3, 0.4) is 0 Å². The molecule has 0 amide bonds. The Kier molecular flexibility index (Phi) is 2.54. The van der Waals surface area contributed by atoms with Crippen molar-refractivity contribution in [3.05, 3.63) is 18.3 Å². The van der Waals surface area contributed by atoms with Gasteiger partial charge in [0.25, 0.3) is 0 Å². The fourth-order valence-electron chi connectivity index (χ4n) is 1.85. The Bertz CT molecular complexity index is 316. The number of nitrogens with zero attached hydrogens (tertiary/aromatic N) is 2. The van der Waals surface area contributed by atoms with E-state index in [0.717, 1.165) is 25.2 Å². The van der Waals surface area contributed by atoms with Gasteiger partial charge in [0, 0.05) is 43.6 Å². The van der Waals surface area contributed by atoms with Gasteiger partial charge < -0.3 is 15.7 Å². The summed E-state index contributed by atoms with van der Waals surface area (Å²) >= 11 is 0. The summed E-state index contributed by atoms with van der Waals surface area (Å²) in [7, 11) is 0. The Hall–Kier alpha value is -1.29. The molecule has 1 fully saturated rings. The highest BCUT2D eigenvalue weighted by molar-refractivity contribution is 5.52. The molecule has 0 spiro atoms. The average Bonchev–Trinajstić information content (AvgIpc) is 2.66. The van der Waals surface area contributed by atoms with Gasteiger partial charge in [-0.2, -0.15) is 0 Å². The molecule has 4 heteroatoms. The van der Waals surface area contributed by atoms with Crippen molar-refractivity contribution >= 4 is 11.5 Å². The zero-order chi connectivity index (χ0) is 9.97. The molecule has 2 rings (SSSR count). The number of aliphatic hydroxyl groups excluding tert-OH is 1. The van der Waals surface area contributed by atoms with E-state index in [1.54, 1.807) is 6.20 Å². The third-order valence-electron chi connectivity index (χ3n) is 2.67. The van der Waals surface area contributed by atoms with Crippen molar-refractivity contribution in [3.8, 4) is 0 Å². The standard InChI is InChI=1S/C10H15N3O/c11-10-5-9(1-3-12-10)13-4-2-8(6-13)7-14/h1,3,5,8,14H,2,4,6-7H2,(H2,11,12). The number of hydrogen-bond acceptors (Lipinski definition) is 4. The average molecular weight is 193 g/mol. The SMILES string of the molecule is Nc1cc(N2CCC(CO)C2)ccn1. The predicted molar refractivity (Wildman–Crippen MR) is 56.1 cm³/mol. The van der Waals surface area contributed by atoms with Crippen molar-refractivity contribution in [2.75, 3.05) is 30.3 Å². The van der Waals surface area contributed by atoms with Crippen LogP contribution < -0.4 is 10.6 Å². The summed E-state index contributed by atoms with van der Waals surface area (Å²) in [5.41, 5.74) is 6.71. The summed E-state index contributed by atoms with van der Waals surface area (Å²) in [6, 6.07) is 3.83. The van der Waals surface area contributed by atoms with Crippen LogP contribution >= 0.6 is 0 Å². The molecule has 3 N–H and O–H groups in total. The Balaban J connectivity index is 2.09. The molecule has 1 atom stereocenters. The summed E-state index contributed by atoms with van der Waals surface area (Å²) in [5.74, 6) is 0.958. The van der Waals surface area contributed by atoms with Crippen LogP contribution in [0.2, 0.25) is 0 Å². The Morgan fingerprint density at radius 3 is 3.14 bits per heavy atom. The van der Waals surface area contributed by atoms with E-state index < -0.39 is 0 Å². The molecule has 1 aromatic heterocycles. The molecule has 0 radical (unpaired) electrons. The molecule has 1 aliphatic heterocycles. The highest BCUT2D eigenvalue weighted by Crippen LogP contribution is 2.23. The topological polar surface area (TPSA) is 62.4 Å². The zero-order valence-electron chi connectivity index (χ0n) is 8.06. The lowest BCUT2D eigenvalue weighted by atomic mass is 10.1. The first-order valence-electron chi connectivity index (χ1n) is 4.87. The maximum absolute atomic E-state index is 9.02. The molecule has 1 aliphatic rings. The number of nitrogens with two attached hydrogens (primary N) is 1. The molecule has 14 heavy (non-hydrogen) atoms. The zero-order valence-corrected chi connectivity index (χ0v) is 8.06. The first-order valence-corrected chi connectivity index (χ1v) is 4.87. The van der Waals surface area contributed by atoms with Gasteiger partial charge in [-0.1, -0.05) is 0 Å². The summed E-state index contributed by atoms with van der Waals surface area (Å²) < 4.78 is 0. The second kappa shape index (κ2) is 3.84. The lowest BCUT2D eigenvalue weighted by molar-refractivity contribution is 0.238.